The van der Waals surface area contributed by atoms with E-state index in [2.05, 4.69) is 17.0 Å². The Hall–Kier alpha value is -3.19. The van der Waals surface area contributed by atoms with Gasteiger partial charge < -0.3 is 14.2 Å². The monoisotopic (exact) mass is 437 g/mol. The van der Waals surface area contributed by atoms with E-state index in [1.807, 2.05) is 43.0 Å². The molecular formula is C25H28FN3O3. The third-order valence-corrected chi connectivity index (χ3v) is 6.15. The molecular weight excluding hydrogens is 409 g/mol. The maximum atomic E-state index is 13.6. The summed E-state index contributed by atoms with van der Waals surface area (Å²) in [4.78, 5) is 17.4. The number of hydrogen-bond acceptors (Lipinski definition) is 5. The molecule has 0 aliphatic carbocycles. The molecule has 1 fully saturated rings. The van der Waals surface area contributed by atoms with Gasteiger partial charge in [-0.3, -0.25) is 9.69 Å². The lowest BCUT2D eigenvalue weighted by Gasteiger charge is -2.38. The number of aromatic nitrogens is 1. The quantitative estimate of drug-likeness (QED) is 0.567. The molecule has 2 heterocycles. The van der Waals surface area contributed by atoms with E-state index in [9.17, 15) is 9.18 Å². The number of para-hydroxylation sites is 1. The van der Waals surface area contributed by atoms with Gasteiger partial charge in [-0.2, -0.15) is 0 Å². The van der Waals surface area contributed by atoms with Crippen molar-refractivity contribution in [1.29, 1.82) is 0 Å². The van der Waals surface area contributed by atoms with Gasteiger partial charge in [0.15, 0.2) is 0 Å². The number of piperazine rings is 1. The van der Waals surface area contributed by atoms with Crippen LogP contribution in [0.2, 0.25) is 0 Å². The molecule has 1 aliphatic rings. The Morgan fingerprint density at radius 2 is 1.88 bits per heavy atom. The van der Waals surface area contributed by atoms with Crippen LogP contribution in [0, 0.1) is 19.7 Å². The number of carbonyl (C=O) groups is 1. The van der Waals surface area contributed by atoms with Crippen LogP contribution in [0.1, 0.15) is 45.9 Å². The van der Waals surface area contributed by atoms with Crippen LogP contribution in [0.4, 0.5) is 4.39 Å². The van der Waals surface area contributed by atoms with Crippen LogP contribution in [-0.4, -0.2) is 47.0 Å². The summed E-state index contributed by atoms with van der Waals surface area (Å²) >= 11 is 0. The van der Waals surface area contributed by atoms with Crippen molar-refractivity contribution >= 4 is 5.91 Å². The Labute approximate surface area is 187 Å². The van der Waals surface area contributed by atoms with Crippen molar-refractivity contribution < 1.29 is 18.4 Å². The van der Waals surface area contributed by atoms with Gasteiger partial charge in [0.05, 0.1) is 16.8 Å². The van der Waals surface area contributed by atoms with Gasteiger partial charge in [0.1, 0.15) is 23.9 Å². The zero-order valence-corrected chi connectivity index (χ0v) is 18.7. The predicted octanol–water partition coefficient (Wildman–Crippen LogP) is 4.53. The van der Waals surface area contributed by atoms with Crippen molar-refractivity contribution in [1.82, 2.24) is 15.0 Å². The molecule has 7 heteroatoms. The number of rotatable bonds is 6. The summed E-state index contributed by atoms with van der Waals surface area (Å²) in [5.74, 6) is 0.997. The SMILES string of the molecule is Cc1noc(C)c1COc1ccccc1C(=O)N1CCN([C@H](C)c2cccc(F)c2)CC1. The summed E-state index contributed by atoms with van der Waals surface area (Å²) in [6.07, 6.45) is 0. The Bertz CT molecular complexity index is 1070. The van der Waals surface area contributed by atoms with Crippen molar-refractivity contribution in [2.75, 3.05) is 26.2 Å². The average molecular weight is 438 g/mol. The van der Waals surface area contributed by atoms with E-state index in [4.69, 9.17) is 9.26 Å². The van der Waals surface area contributed by atoms with Crippen LogP contribution >= 0.6 is 0 Å². The van der Waals surface area contributed by atoms with Gasteiger partial charge in [-0.05, 0) is 50.6 Å². The maximum absolute atomic E-state index is 13.6. The maximum Gasteiger partial charge on any atom is 0.257 e. The molecule has 3 aromatic rings. The van der Waals surface area contributed by atoms with Gasteiger partial charge in [-0.15, -0.1) is 0 Å². The molecule has 0 unspecified atom stereocenters. The van der Waals surface area contributed by atoms with E-state index in [0.29, 0.717) is 31.0 Å². The number of ether oxygens (including phenoxy) is 1. The van der Waals surface area contributed by atoms with Crippen LogP contribution in [0.15, 0.2) is 53.1 Å². The second-order valence-corrected chi connectivity index (χ2v) is 8.15. The Balaban J connectivity index is 1.40. The van der Waals surface area contributed by atoms with E-state index in [1.54, 1.807) is 18.2 Å². The van der Waals surface area contributed by atoms with Gasteiger partial charge >= 0.3 is 0 Å². The van der Waals surface area contributed by atoms with Crippen LogP contribution in [0.3, 0.4) is 0 Å². The van der Waals surface area contributed by atoms with Gasteiger partial charge in [0, 0.05) is 32.2 Å². The molecule has 0 radical (unpaired) electrons. The highest BCUT2D eigenvalue weighted by molar-refractivity contribution is 5.97. The summed E-state index contributed by atoms with van der Waals surface area (Å²) in [6, 6.07) is 14.1. The largest absolute Gasteiger partial charge is 0.488 e. The van der Waals surface area contributed by atoms with E-state index in [1.165, 1.54) is 6.07 Å². The molecule has 1 amide bonds. The number of carbonyl (C=O) groups excluding carboxylic acids is 1. The topological polar surface area (TPSA) is 58.8 Å². The molecule has 6 nitrogen and oxygen atoms in total. The number of halogens is 1. The molecule has 1 saturated heterocycles. The predicted molar refractivity (Wildman–Crippen MR) is 119 cm³/mol. The minimum absolute atomic E-state index is 0.0441. The van der Waals surface area contributed by atoms with E-state index in [-0.39, 0.29) is 17.8 Å². The van der Waals surface area contributed by atoms with Crippen LogP contribution in [0.25, 0.3) is 0 Å². The number of hydrogen-bond donors (Lipinski definition) is 0. The van der Waals surface area contributed by atoms with Gasteiger partial charge in [0.2, 0.25) is 0 Å². The van der Waals surface area contributed by atoms with Gasteiger partial charge in [-0.1, -0.05) is 29.4 Å². The molecule has 2 aromatic carbocycles. The smallest absolute Gasteiger partial charge is 0.257 e. The van der Waals surface area contributed by atoms with E-state index in [0.717, 1.165) is 35.7 Å². The fourth-order valence-corrected chi connectivity index (χ4v) is 4.09. The number of nitrogens with zero attached hydrogens (tertiary/aromatic N) is 3. The van der Waals surface area contributed by atoms with Crippen molar-refractivity contribution in [3.05, 3.63) is 82.5 Å². The Morgan fingerprint density at radius 1 is 1.12 bits per heavy atom. The first kappa shape index (κ1) is 22.0. The van der Waals surface area contributed by atoms with Crippen molar-refractivity contribution in [3.8, 4) is 5.75 Å². The fourth-order valence-electron chi connectivity index (χ4n) is 4.09. The lowest BCUT2D eigenvalue weighted by Crippen LogP contribution is -2.49. The minimum atomic E-state index is -0.226. The average Bonchev–Trinajstić information content (AvgIpc) is 3.14. The summed E-state index contributed by atoms with van der Waals surface area (Å²) in [5.41, 5.74) is 3.18. The van der Waals surface area contributed by atoms with Crippen LogP contribution in [-0.2, 0) is 6.61 Å². The summed E-state index contributed by atoms with van der Waals surface area (Å²) in [7, 11) is 0. The standard InChI is InChI=1S/C25H28FN3O3/c1-17-23(19(3)32-27-17)16-31-24-10-5-4-9-22(24)25(30)29-13-11-28(12-14-29)18(2)20-7-6-8-21(26)15-20/h4-10,15,18H,11-14,16H2,1-3H3/t18-/m1/s1. The molecule has 4 rings (SSSR count). The number of amides is 1. The lowest BCUT2D eigenvalue weighted by molar-refractivity contribution is 0.0577. The second-order valence-electron chi connectivity index (χ2n) is 8.15. The Kier molecular flexibility index (Phi) is 6.55. The van der Waals surface area contributed by atoms with Crippen molar-refractivity contribution in [3.63, 3.8) is 0 Å². The van der Waals surface area contributed by atoms with Gasteiger partial charge in [-0.25, -0.2) is 4.39 Å². The minimum Gasteiger partial charge on any atom is -0.488 e. The molecule has 1 atom stereocenters. The van der Waals surface area contributed by atoms with E-state index < -0.39 is 0 Å². The molecule has 0 saturated carbocycles. The highest BCUT2D eigenvalue weighted by atomic mass is 19.1. The normalized spacial score (nSPS) is 15.6. The van der Waals surface area contributed by atoms with Crippen LogP contribution < -0.4 is 4.74 Å². The molecule has 0 spiro atoms. The Morgan fingerprint density at radius 3 is 2.56 bits per heavy atom. The third-order valence-electron chi connectivity index (χ3n) is 6.15. The zero-order chi connectivity index (χ0) is 22.7. The summed E-state index contributed by atoms with van der Waals surface area (Å²) in [5, 5.41) is 3.95. The molecule has 1 aromatic heterocycles. The molecule has 0 bridgehead atoms. The third kappa shape index (κ3) is 4.67. The number of aryl methyl sites for hydroxylation is 2. The van der Waals surface area contributed by atoms with E-state index >= 15 is 0 Å². The first-order valence-corrected chi connectivity index (χ1v) is 10.9. The number of benzene rings is 2. The molecule has 168 valence electrons. The van der Waals surface area contributed by atoms with Crippen LogP contribution in [0.5, 0.6) is 5.75 Å². The zero-order valence-electron chi connectivity index (χ0n) is 18.7. The first-order valence-electron chi connectivity index (χ1n) is 10.9. The molecule has 0 N–H and O–H groups in total. The fraction of sp³-hybridized carbons (Fsp3) is 0.360. The molecule has 1 aliphatic heterocycles. The highest BCUT2D eigenvalue weighted by Crippen LogP contribution is 2.26. The summed E-state index contributed by atoms with van der Waals surface area (Å²) in [6.45, 7) is 8.76. The van der Waals surface area contributed by atoms with Gasteiger partial charge in [0.25, 0.3) is 5.91 Å². The summed E-state index contributed by atoms with van der Waals surface area (Å²) < 4.78 is 24.8. The van der Waals surface area contributed by atoms with Crippen molar-refractivity contribution in [2.24, 2.45) is 0 Å². The lowest BCUT2D eigenvalue weighted by atomic mass is 10.1. The first-order chi connectivity index (χ1) is 15.4. The van der Waals surface area contributed by atoms with Crippen molar-refractivity contribution in [2.45, 2.75) is 33.4 Å². The highest BCUT2D eigenvalue weighted by Gasteiger charge is 2.27. The molecule has 32 heavy (non-hydrogen) atoms. The second kappa shape index (κ2) is 9.53.